The summed E-state index contributed by atoms with van der Waals surface area (Å²) in [5.74, 6) is 0.109. The second-order valence-electron chi connectivity index (χ2n) is 5.93. The topological polar surface area (TPSA) is 66.5 Å². The van der Waals surface area contributed by atoms with Crippen LogP contribution in [0.15, 0.2) is 24.3 Å². The van der Waals surface area contributed by atoms with Gasteiger partial charge in [0.15, 0.2) is 5.78 Å². The van der Waals surface area contributed by atoms with Crippen LogP contribution in [0.2, 0.25) is 0 Å². The third kappa shape index (κ3) is 4.41. The third-order valence-corrected chi connectivity index (χ3v) is 4.00. The highest BCUT2D eigenvalue weighted by molar-refractivity contribution is 6.04. The largest absolute Gasteiger partial charge is 0.342 e. The quantitative estimate of drug-likeness (QED) is 0.686. The van der Waals surface area contributed by atoms with E-state index in [-0.39, 0.29) is 24.0 Å². The van der Waals surface area contributed by atoms with Crippen LogP contribution < -0.4 is 5.32 Å². The van der Waals surface area contributed by atoms with Crippen LogP contribution in [0.4, 0.5) is 5.69 Å². The van der Waals surface area contributed by atoms with Crippen molar-refractivity contribution in [1.82, 2.24) is 4.90 Å². The molecule has 1 N–H and O–H groups in total. The van der Waals surface area contributed by atoms with E-state index < -0.39 is 0 Å². The van der Waals surface area contributed by atoms with Crippen LogP contribution in [0, 0.1) is 5.92 Å². The molecule has 0 unspecified atom stereocenters. The molecule has 0 saturated carbocycles. The van der Waals surface area contributed by atoms with Gasteiger partial charge in [0.1, 0.15) is 6.42 Å². The molecule has 1 aromatic carbocycles. The summed E-state index contributed by atoms with van der Waals surface area (Å²) < 4.78 is 0. The minimum Gasteiger partial charge on any atom is -0.342 e. The number of rotatable bonds is 4. The number of amides is 2. The maximum absolute atomic E-state index is 12.1. The van der Waals surface area contributed by atoms with Gasteiger partial charge in [-0.25, -0.2) is 0 Å². The highest BCUT2D eigenvalue weighted by Crippen LogP contribution is 2.17. The number of carbonyl (C=O) groups excluding carboxylic acids is 3. The molecule has 5 nitrogen and oxygen atoms in total. The zero-order chi connectivity index (χ0) is 16.1. The van der Waals surface area contributed by atoms with Crippen molar-refractivity contribution in [2.45, 2.75) is 33.1 Å². The van der Waals surface area contributed by atoms with Crippen LogP contribution in [0.1, 0.15) is 43.5 Å². The number of hydrogen-bond acceptors (Lipinski definition) is 3. The molecule has 1 aliphatic heterocycles. The molecule has 118 valence electrons. The van der Waals surface area contributed by atoms with Gasteiger partial charge >= 0.3 is 0 Å². The second-order valence-corrected chi connectivity index (χ2v) is 5.93. The number of ketones is 1. The number of nitrogens with zero attached hydrogens (tertiary/aromatic N) is 1. The molecule has 1 fully saturated rings. The summed E-state index contributed by atoms with van der Waals surface area (Å²) in [6.45, 7) is 5.11. The fraction of sp³-hybridized carbons (Fsp3) is 0.471. The lowest BCUT2D eigenvalue weighted by atomic mass is 9.99. The lowest BCUT2D eigenvalue weighted by Gasteiger charge is -2.30. The first kappa shape index (κ1) is 16.2. The van der Waals surface area contributed by atoms with Gasteiger partial charge in [0.2, 0.25) is 11.8 Å². The molecule has 22 heavy (non-hydrogen) atoms. The Hall–Kier alpha value is -2.17. The maximum Gasteiger partial charge on any atom is 0.233 e. The molecule has 5 heteroatoms. The number of benzene rings is 1. The van der Waals surface area contributed by atoms with Gasteiger partial charge in [-0.2, -0.15) is 0 Å². The number of anilines is 1. The Morgan fingerprint density at radius 1 is 1.23 bits per heavy atom. The maximum atomic E-state index is 12.1. The van der Waals surface area contributed by atoms with Gasteiger partial charge in [-0.15, -0.1) is 0 Å². The van der Waals surface area contributed by atoms with E-state index in [1.165, 1.54) is 6.92 Å². The lowest BCUT2D eigenvalue weighted by molar-refractivity contribution is -0.135. The molecule has 2 amide bonds. The Bertz CT molecular complexity index is 575. The molecule has 0 spiro atoms. The first-order valence-electron chi connectivity index (χ1n) is 7.64. The molecular weight excluding hydrogens is 280 g/mol. The summed E-state index contributed by atoms with van der Waals surface area (Å²) >= 11 is 0. The first-order chi connectivity index (χ1) is 10.5. The van der Waals surface area contributed by atoms with Crippen LogP contribution in [0.5, 0.6) is 0 Å². The summed E-state index contributed by atoms with van der Waals surface area (Å²) in [7, 11) is 0. The number of likely N-dealkylation sites (tertiary alicyclic amines) is 1. The van der Waals surface area contributed by atoms with E-state index in [0.29, 0.717) is 17.2 Å². The molecular formula is C17H22N2O3. The molecule has 1 heterocycles. The van der Waals surface area contributed by atoms with E-state index >= 15 is 0 Å². The molecule has 1 saturated heterocycles. The van der Waals surface area contributed by atoms with Crippen molar-refractivity contribution in [1.29, 1.82) is 0 Å². The number of hydrogen-bond donors (Lipinski definition) is 1. The fourth-order valence-electron chi connectivity index (χ4n) is 2.53. The Balaban J connectivity index is 1.88. The van der Waals surface area contributed by atoms with Crippen molar-refractivity contribution in [2.24, 2.45) is 5.92 Å². The Kier molecular flexibility index (Phi) is 5.31. The Morgan fingerprint density at radius 2 is 1.91 bits per heavy atom. The van der Waals surface area contributed by atoms with Crippen molar-refractivity contribution >= 4 is 23.3 Å². The monoisotopic (exact) mass is 302 g/mol. The van der Waals surface area contributed by atoms with E-state index in [1.807, 2.05) is 0 Å². The van der Waals surface area contributed by atoms with Gasteiger partial charge < -0.3 is 10.2 Å². The van der Waals surface area contributed by atoms with Crippen LogP contribution in [-0.4, -0.2) is 35.6 Å². The molecule has 1 aromatic rings. The van der Waals surface area contributed by atoms with E-state index in [4.69, 9.17) is 0 Å². The molecule has 0 radical (unpaired) electrons. The molecule has 0 bridgehead atoms. The SMILES string of the molecule is CC(=O)c1cccc(NC(=O)CC(=O)N2CCC(C)CC2)c1. The van der Waals surface area contributed by atoms with Crippen LogP contribution >= 0.6 is 0 Å². The highest BCUT2D eigenvalue weighted by atomic mass is 16.2. The van der Waals surface area contributed by atoms with Gasteiger partial charge in [-0.3, -0.25) is 14.4 Å². The van der Waals surface area contributed by atoms with Crippen molar-refractivity contribution in [2.75, 3.05) is 18.4 Å². The van der Waals surface area contributed by atoms with E-state index in [1.54, 1.807) is 29.2 Å². The number of piperidine rings is 1. The smallest absolute Gasteiger partial charge is 0.233 e. The number of Topliss-reactive ketones (excluding diaryl/α,β-unsaturated/α-hetero) is 1. The average Bonchev–Trinajstić information content (AvgIpc) is 2.47. The van der Waals surface area contributed by atoms with Crippen molar-refractivity contribution in [3.8, 4) is 0 Å². The lowest BCUT2D eigenvalue weighted by Crippen LogP contribution is -2.39. The third-order valence-electron chi connectivity index (χ3n) is 4.00. The molecule has 0 atom stereocenters. The minimum absolute atomic E-state index is 0.0605. The van der Waals surface area contributed by atoms with Crippen LogP contribution in [-0.2, 0) is 9.59 Å². The predicted octanol–water partition coefficient (Wildman–Crippen LogP) is 2.48. The first-order valence-corrected chi connectivity index (χ1v) is 7.64. The Morgan fingerprint density at radius 3 is 2.55 bits per heavy atom. The second kappa shape index (κ2) is 7.20. The zero-order valence-corrected chi connectivity index (χ0v) is 13.1. The van der Waals surface area contributed by atoms with Crippen molar-refractivity contribution < 1.29 is 14.4 Å². The van der Waals surface area contributed by atoms with Crippen LogP contribution in [0.25, 0.3) is 0 Å². The van der Waals surface area contributed by atoms with Crippen molar-refractivity contribution in [3.05, 3.63) is 29.8 Å². The standard InChI is InChI=1S/C17H22N2O3/c1-12-6-8-19(9-7-12)17(22)11-16(21)18-15-5-3-4-14(10-15)13(2)20/h3-5,10,12H,6-9,11H2,1-2H3,(H,18,21). The molecule has 0 aromatic heterocycles. The van der Waals surface area contributed by atoms with Gasteiger partial charge in [-0.1, -0.05) is 19.1 Å². The van der Waals surface area contributed by atoms with Gasteiger partial charge in [-0.05, 0) is 37.8 Å². The highest BCUT2D eigenvalue weighted by Gasteiger charge is 2.22. The molecule has 0 aliphatic carbocycles. The Labute approximate surface area is 130 Å². The van der Waals surface area contributed by atoms with E-state index in [0.717, 1.165) is 25.9 Å². The summed E-state index contributed by atoms with van der Waals surface area (Å²) in [6.07, 6.45) is 1.83. The zero-order valence-electron chi connectivity index (χ0n) is 13.1. The summed E-state index contributed by atoms with van der Waals surface area (Å²) in [5.41, 5.74) is 1.08. The normalized spacial score (nSPS) is 15.5. The van der Waals surface area contributed by atoms with E-state index in [9.17, 15) is 14.4 Å². The minimum atomic E-state index is -0.343. The molecule has 1 aliphatic rings. The summed E-state index contributed by atoms with van der Waals surface area (Å²) in [5, 5.41) is 2.68. The average molecular weight is 302 g/mol. The summed E-state index contributed by atoms with van der Waals surface area (Å²) in [4.78, 5) is 37.1. The van der Waals surface area contributed by atoms with Crippen molar-refractivity contribution in [3.63, 3.8) is 0 Å². The summed E-state index contributed by atoms with van der Waals surface area (Å²) in [6, 6.07) is 6.73. The van der Waals surface area contributed by atoms with Gasteiger partial charge in [0.05, 0.1) is 0 Å². The molecule has 2 rings (SSSR count). The predicted molar refractivity (Wildman–Crippen MR) is 84.7 cm³/mol. The van der Waals surface area contributed by atoms with Gasteiger partial charge in [0.25, 0.3) is 0 Å². The van der Waals surface area contributed by atoms with Gasteiger partial charge in [0, 0.05) is 24.3 Å². The van der Waals surface area contributed by atoms with Crippen LogP contribution in [0.3, 0.4) is 0 Å². The number of nitrogens with one attached hydrogen (secondary N) is 1. The fourth-order valence-corrected chi connectivity index (χ4v) is 2.53. The number of carbonyl (C=O) groups is 3. The van der Waals surface area contributed by atoms with E-state index in [2.05, 4.69) is 12.2 Å².